The molecule has 0 aliphatic rings. The summed E-state index contributed by atoms with van der Waals surface area (Å²) in [4.78, 5) is 2.29. The van der Waals surface area contributed by atoms with Gasteiger partial charge in [0.05, 0.1) is 0 Å². The highest BCUT2D eigenvalue weighted by Gasteiger charge is 2.17. The van der Waals surface area contributed by atoms with Crippen molar-refractivity contribution in [1.82, 2.24) is 0 Å². The van der Waals surface area contributed by atoms with E-state index in [0.29, 0.717) is 0 Å². The third kappa shape index (κ3) is 5.54. The van der Waals surface area contributed by atoms with Crippen molar-refractivity contribution in [2.45, 2.75) is 0 Å². The Kier molecular flexibility index (Phi) is 7.70. The smallest absolute Gasteiger partial charge is 0.0462 e. The van der Waals surface area contributed by atoms with Crippen molar-refractivity contribution >= 4 is 44.1 Å². The topological polar surface area (TPSA) is 3.24 Å². The first-order valence-corrected chi connectivity index (χ1v) is 14.2. The highest BCUT2D eigenvalue weighted by Crippen LogP contribution is 2.39. The first-order chi connectivity index (χ1) is 19.8. The van der Waals surface area contributed by atoms with Gasteiger partial charge in [-0.2, -0.15) is 0 Å². The van der Waals surface area contributed by atoms with E-state index in [2.05, 4.69) is 191 Å². The molecule has 0 fully saturated rings. The normalized spacial score (nSPS) is 10.6. The molecule has 6 rings (SSSR count). The van der Waals surface area contributed by atoms with E-state index in [1.54, 1.807) is 0 Å². The Hall–Kier alpha value is -4.66. The highest BCUT2D eigenvalue weighted by molar-refractivity contribution is 9.10. The van der Waals surface area contributed by atoms with Crippen LogP contribution in [0.5, 0.6) is 0 Å². The number of nitrogens with zero attached hydrogens (tertiary/aromatic N) is 1. The minimum absolute atomic E-state index is 1.06. The Balaban J connectivity index is 1.54. The second-order valence-corrected chi connectivity index (χ2v) is 10.5. The predicted octanol–water partition coefficient (Wildman–Crippen LogP) is 10.9. The molecule has 0 aromatic heterocycles. The van der Waals surface area contributed by atoms with Crippen molar-refractivity contribution in [3.8, 4) is 0 Å². The van der Waals surface area contributed by atoms with Crippen LogP contribution in [0, 0.1) is 0 Å². The van der Waals surface area contributed by atoms with Crippen molar-refractivity contribution in [1.29, 1.82) is 0 Å². The molecule has 6 aromatic carbocycles. The molecule has 0 unspecified atom stereocenters. The van der Waals surface area contributed by atoms with Crippen LogP contribution in [-0.2, 0) is 0 Å². The quantitative estimate of drug-likeness (QED) is 0.170. The molecule has 0 aliphatic carbocycles. The second-order valence-electron chi connectivity index (χ2n) is 9.54. The van der Waals surface area contributed by atoms with Gasteiger partial charge >= 0.3 is 0 Å². The maximum absolute atomic E-state index is 3.58. The summed E-state index contributed by atoms with van der Waals surface area (Å²) in [6.45, 7) is 0. The van der Waals surface area contributed by atoms with Crippen molar-refractivity contribution in [3.63, 3.8) is 0 Å². The van der Waals surface area contributed by atoms with Crippen LogP contribution in [0.3, 0.4) is 0 Å². The molecule has 0 amide bonds. The van der Waals surface area contributed by atoms with E-state index in [1.807, 2.05) is 0 Å². The fourth-order valence-corrected chi connectivity index (χ4v) is 5.38. The molecule has 0 radical (unpaired) electrons. The minimum atomic E-state index is 1.06. The molecule has 0 heterocycles. The molecule has 1 nitrogen and oxygen atoms in total. The molecule has 0 saturated heterocycles. The van der Waals surface area contributed by atoms with E-state index in [-0.39, 0.29) is 0 Å². The molecule has 6 aromatic rings. The first-order valence-electron chi connectivity index (χ1n) is 13.4. The van der Waals surface area contributed by atoms with Crippen LogP contribution in [0.15, 0.2) is 174 Å². The Bertz CT molecular complexity index is 1650. The first kappa shape index (κ1) is 25.6. The number of halogens is 1. The SMILES string of the molecule is Brc1ccc(N(c2ccccc2)c2ccc(C(=C(c3ccccc3)c3ccccc3)c3ccccc3)cc2)cc1. The summed E-state index contributed by atoms with van der Waals surface area (Å²) in [6, 6.07) is 60.0. The molecule has 0 bridgehead atoms. The van der Waals surface area contributed by atoms with Crippen LogP contribution in [0.2, 0.25) is 0 Å². The third-order valence-electron chi connectivity index (χ3n) is 6.95. The molecule has 0 N–H and O–H groups in total. The van der Waals surface area contributed by atoms with E-state index in [0.717, 1.165) is 21.5 Å². The molecule has 0 spiro atoms. The Labute approximate surface area is 244 Å². The standard InChI is InChI=1S/C38H28BrN/c39-33-23-27-36(28-24-33)40(34-19-11-4-12-20-34)35-25-21-32(22-26-35)38(31-17-9-3-10-18-31)37(29-13-5-1-6-14-29)30-15-7-2-8-16-30/h1-28H. The van der Waals surface area contributed by atoms with Crippen molar-refractivity contribution in [2.75, 3.05) is 4.90 Å². The predicted molar refractivity (Wildman–Crippen MR) is 173 cm³/mol. The summed E-state index contributed by atoms with van der Waals surface area (Å²) in [5.41, 5.74) is 10.5. The molecule has 0 saturated carbocycles. The van der Waals surface area contributed by atoms with Crippen molar-refractivity contribution in [3.05, 3.63) is 197 Å². The van der Waals surface area contributed by atoms with Crippen molar-refractivity contribution < 1.29 is 0 Å². The van der Waals surface area contributed by atoms with Gasteiger partial charge in [0, 0.05) is 21.5 Å². The lowest BCUT2D eigenvalue weighted by Gasteiger charge is -2.26. The van der Waals surface area contributed by atoms with E-state index in [1.165, 1.54) is 33.4 Å². The van der Waals surface area contributed by atoms with Gasteiger partial charge in [0.15, 0.2) is 0 Å². The number of hydrogen-bond acceptors (Lipinski definition) is 1. The zero-order chi connectivity index (χ0) is 27.1. The molecule has 0 aliphatic heterocycles. The zero-order valence-corrected chi connectivity index (χ0v) is 23.6. The van der Waals surface area contributed by atoms with Gasteiger partial charge < -0.3 is 4.90 Å². The fourth-order valence-electron chi connectivity index (χ4n) is 5.12. The number of para-hydroxylation sites is 1. The van der Waals surface area contributed by atoms with E-state index in [9.17, 15) is 0 Å². The van der Waals surface area contributed by atoms with Crippen LogP contribution in [0.4, 0.5) is 17.1 Å². The molecule has 2 heteroatoms. The van der Waals surface area contributed by atoms with Crippen LogP contribution >= 0.6 is 15.9 Å². The minimum Gasteiger partial charge on any atom is -0.311 e. The van der Waals surface area contributed by atoms with E-state index >= 15 is 0 Å². The largest absolute Gasteiger partial charge is 0.311 e. The summed E-state index contributed by atoms with van der Waals surface area (Å²) in [7, 11) is 0. The summed E-state index contributed by atoms with van der Waals surface area (Å²) in [5, 5.41) is 0. The Morgan fingerprint density at radius 1 is 0.325 bits per heavy atom. The van der Waals surface area contributed by atoms with Gasteiger partial charge in [0.25, 0.3) is 0 Å². The van der Waals surface area contributed by atoms with Gasteiger partial charge in [-0.25, -0.2) is 0 Å². The van der Waals surface area contributed by atoms with Gasteiger partial charge in [0.2, 0.25) is 0 Å². The van der Waals surface area contributed by atoms with Gasteiger partial charge in [-0.05, 0) is 81.9 Å². The monoisotopic (exact) mass is 577 g/mol. The number of benzene rings is 6. The van der Waals surface area contributed by atoms with E-state index < -0.39 is 0 Å². The summed E-state index contributed by atoms with van der Waals surface area (Å²) in [6.07, 6.45) is 0. The zero-order valence-electron chi connectivity index (χ0n) is 22.0. The average Bonchev–Trinajstić information content (AvgIpc) is 3.03. The Morgan fingerprint density at radius 2 is 0.625 bits per heavy atom. The Morgan fingerprint density at radius 3 is 1.02 bits per heavy atom. The van der Waals surface area contributed by atoms with Crippen LogP contribution in [0.25, 0.3) is 11.1 Å². The van der Waals surface area contributed by atoms with Crippen LogP contribution in [-0.4, -0.2) is 0 Å². The maximum atomic E-state index is 3.58. The van der Waals surface area contributed by atoms with Gasteiger partial charge in [-0.3, -0.25) is 0 Å². The lowest BCUT2D eigenvalue weighted by molar-refractivity contribution is 1.28. The van der Waals surface area contributed by atoms with Gasteiger partial charge in [-0.1, -0.05) is 137 Å². The molecular formula is C38H28BrN. The molecule has 40 heavy (non-hydrogen) atoms. The van der Waals surface area contributed by atoms with Gasteiger partial charge in [0.1, 0.15) is 0 Å². The van der Waals surface area contributed by atoms with Crippen LogP contribution < -0.4 is 4.90 Å². The van der Waals surface area contributed by atoms with Crippen LogP contribution in [0.1, 0.15) is 22.3 Å². The number of rotatable bonds is 7. The summed E-state index contributed by atoms with van der Waals surface area (Å²) in [5.74, 6) is 0. The summed E-state index contributed by atoms with van der Waals surface area (Å²) < 4.78 is 1.06. The average molecular weight is 579 g/mol. The lowest BCUT2D eigenvalue weighted by Crippen LogP contribution is -2.09. The molecule has 0 atom stereocenters. The fraction of sp³-hybridized carbons (Fsp3) is 0. The lowest BCUT2D eigenvalue weighted by atomic mass is 9.86. The van der Waals surface area contributed by atoms with E-state index in [4.69, 9.17) is 0 Å². The maximum Gasteiger partial charge on any atom is 0.0462 e. The van der Waals surface area contributed by atoms with Gasteiger partial charge in [-0.15, -0.1) is 0 Å². The highest BCUT2D eigenvalue weighted by atomic mass is 79.9. The molecular weight excluding hydrogens is 550 g/mol. The van der Waals surface area contributed by atoms with Crippen molar-refractivity contribution in [2.24, 2.45) is 0 Å². The number of hydrogen-bond donors (Lipinski definition) is 0. The number of anilines is 3. The molecule has 192 valence electrons. The third-order valence-corrected chi connectivity index (χ3v) is 7.48. The second kappa shape index (κ2) is 12.0. The summed E-state index contributed by atoms with van der Waals surface area (Å²) >= 11 is 3.58.